The summed E-state index contributed by atoms with van der Waals surface area (Å²) in [4.78, 5) is 0.422. The van der Waals surface area contributed by atoms with E-state index in [9.17, 15) is 8.42 Å². The molecule has 0 heterocycles. The SMILES string of the molecule is CS(=O)(=O)c1ccc(Br)cc1C1(CN)CCC1. The summed E-state index contributed by atoms with van der Waals surface area (Å²) >= 11 is 3.40. The van der Waals surface area contributed by atoms with Crippen LogP contribution in [0.25, 0.3) is 0 Å². The molecule has 5 heteroatoms. The molecular weight excluding hydrogens is 302 g/mol. The third-order valence-corrected chi connectivity index (χ3v) is 5.26. The molecule has 0 unspecified atom stereocenters. The van der Waals surface area contributed by atoms with Crippen molar-refractivity contribution in [1.29, 1.82) is 0 Å². The number of nitrogens with two attached hydrogens (primary N) is 1. The molecule has 17 heavy (non-hydrogen) atoms. The number of benzene rings is 1. The molecule has 0 bridgehead atoms. The van der Waals surface area contributed by atoms with E-state index >= 15 is 0 Å². The maximum Gasteiger partial charge on any atom is 0.175 e. The molecule has 1 aliphatic carbocycles. The van der Waals surface area contributed by atoms with Crippen molar-refractivity contribution in [3.8, 4) is 0 Å². The van der Waals surface area contributed by atoms with Crippen LogP contribution in [0.5, 0.6) is 0 Å². The van der Waals surface area contributed by atoms with E-state index in [1.54, 1.807) is 12.1 Å². The van der Waals surface area contributed by atoms with Gasteiger partial charge in [0.1, 0.15) is 0 Å². The second kappa shape index (κ2) is 4.37. The Labute approximate surface area is 110 Å². The van der Waals surface area contributed by atoms with Crippen molar-refractivity contribution < 1.29 is 8.42 Å². The summed E-state index contributed by atoms with van der Waals surface area (Å²) in [6.45, 7) is 0.506. The van der Waals surface area contributed by atoms with Crippen molar-refractivity contribution >= 4 is 25.8 Å². The first-order chi connectivity index (χ1) is 7.89. The Morgan fingerprint density at radius 2 is 2.06 bits per heavy atom. The number of rotatable bonds is 3. The van der Waals surface area contributed by atoms with Crippen molar-refractivity contribution in [1.82, 2.24) is 0 Å². The standard InChI is InChI=1S/C12H16BrNO2S/c1-17(15,16)11-4-3-9(13)7-10(11)12(8-14)5-2-6-12/h3-4,7H,2,5-6,8,14H2,1H3. The summed E-state index contributed by atoms with van der Waals surface area (Å²) < 4.78 is 24.5. The normalized spacial score (nSPS) is 18.8. The van der Waals surface area contributed by atoms with Crippen LogP contribution >= 0.6 is 15.9 Å². The first kappa shape index (κ1) is 13.1. The van der Waals surface area contributed by atoms with E-state index < -0.39 is 9.84 Å². The minimum atomic E-state index is -3.20. The van der Waals surface area contributed by atoms with E-state index in [-0.39, 0.29) is 5.41 Å². The van der Waals surface area contributed by atoms with E-state index in [1.807, 2.05) is 6.07 Å². The van der Waals surface area contributed by atoms with Crippen LogP contribution in [0, 0.1) is 0 Å². The molecule has 0 saturated heterocycles. The Morgan fingerprint density at radius 3 is 2.47 bits per heavy atom. The minimum absolute atomic E-state index is 0.137. The van der Waals surface area contributed by atoms with Gasteiger partial charge in [-0.2, -0.15) is 0 Å². The molecule has 2 rings (SSSR count). The van der Waals surface area contributed by atoms with Gasteiger partial charge in [-0.1, -0.05) is 22.4 Å². The highest BCUT2D eigenvalue weighted by Crippen LogP contribution is 2.45. The van der Waals surface area contributed by atoms with Crippen LogP contribution in [-0.2, 0) is 15.3 Å². The largest absolute Gasteiger partial charge is 0.330 e. The molecule has 1 aromatic rings. The van der Waals surface area contributed by atoms with Crippen molar-refractivity contribution in [3.63, 3.8) is 0 Å². The van der Waals surface area contributed by atoms with Crippen LogP contribution < -0.4 is 5.73 Å². The quantitative estimate of drug-likeness (QED) is 0.930. The van der Waals surface area contributed by atoms with Crippen molar-refractivity contribution in [2.75, 3.05) is 12.8 Å². The van der Waals surface area contributed by atoms with Gasteiger partial charge in [-0.3, -0.25) is 0 Å². The smallest absolute Gasteiger partial charge is 0.175 e. The fraction of sp³-hybridized carbons (Fsp3) is 0.500. The highest BCUT2D eigenvalue weighted by Gasteiger charge is 2.40. The highest BCUT2D eigenvalue weighted by molar-refractivity contribution is 9.10. The minimum Gasteiger partial charge on any atom is -0.330 e. The number of halogens is 1. The van der Waals surface area contributed by atoms with E-state index in [0.717, 1.165) is 29.3 Å². The number of hydrogen-bond acceptors (Lipinski definition) is 3. The zero-order valence-corrected chi connectivity index (χ0v) is 12.1. The van der Waals surface area contributed by atoms with Gasteiger partial charge in [0.15, 0.2) is 9.84 Å². The molecular formula is C12H16BrNO2S. The van der Waals surface area contributed by atoms with Gasteiger partial charge in [0.05, 0.1) is 4.90 Å². The second-order valence-corrected chi connectivity index (χ2v) is 7.65. The van der Waals surface area contributed by atoms with Gasteiger partial charge in [0.2, 0.25) is 0 Å². The lowest BCUT2D eigenvalue weighted by Gasteiger charge is -2.42. The van der Waals surface area contributed by atoms with Gasteiger partial charge in [-0.05, 0) is 36.6 Å². The van der Waals surface area contributed by atoms with Crippen LogP contribution in [0.15, 0.2) is 27.6 Å². The van der Waals surface area contributed by atoms with Crippen molar-refractivity contribution in [2.24, 2.45) is 5.73 Å². The molecule has 0 radical (unpaired) electrons. The first-order valence-electron chi connectivity index (χ1n) is 5.59. The third-order valence-electron chi connectivity index (χ3n) is 3.61. The Bertz CT molecular complexity index is 530. The summed E-state index contributed by atoms with van der Waals surface area (Å²) in [5.74, 6) is 0. The number of sulfone groups is 1. The van der Waals surface area contributed by atoms with Crippen LogP contribution in [-0.4, -0.2) is 21.2 Å². The topological polar surface area (TPSA) is 60.2 Å². The zero-order valence-electron chi connectivity index (χ0n) is 9.74. The van der Waals surface area contributed by atoms with Gasteiger partial charge in [0.25, 0.3) is 0 Å². The van der Waals surface area contributed by atoms with Gasteiger partial charge >= 0.3 is 0 Å². The summed E-state index contributed by atoms with van der Waals surface area (Å²) in [6.07, 6.45) is 4.32. The molecule has 94 valence electrons. The predicted octanol–water partition coefficient (Wildman–Crippen LogP) is 2.23. The Balaban J connectivity index is 2.63. The lowest BCUT2D eigenvalue weighted by atomic mass is 9.64. The fourth-order valence-electron chi connectivity index (χ4n) is 2.43. The molecule has 1 aromatic carbocycles. The zero-order chi connectivity index (χ0) is 12.7. The molecule has 0 atom stereocenters. The molecule has 2 N–H and O–H groups in total. The summed E-state index contributed by atoms with van der Waals surface area (Å²) in [5, 5.41) is 0. The van der Waals surface area contributed by atoms with Crippen molar-refractivity contribution in [2.45, 2.75) is 29.6 Å². The van der Waals surface area contributed by atoms with Crippen LogP contribution in [0.3, 0.4) is 0 Å². The average molecular weight is 318 g/mol. The molecule has 1 saturated carbocycles. The van der Waals surface area contributed by atoms with Crippen LogP contribution in [0.4, 0.5) is 0 Å². The monoisotopic (exact) mass is 317 g/mol. The fourth-order valence-corrected chi connectivity index (χ4v) is 3.78. The predicted molar refractivity (Wildman–Crippen MR) is 71.8 cm³/mol. The maximum absolute atomic E-state index is 11.8. The Kier molecular flexibility index (Phi) is 3.36. The maximum atomic E-state index is 11.8. The van der Waals surface area contributed by atoms with Gasteiger partial charge in [-0.25, -0.2) is 8.42 Å². The Morgan fingerprint density at radius 1 is 1.41 bits per heavy atom. The number of hydrogen-bond donors (Lipinski definition) is 1. The molecule has 3 nitrogen and oxygen atoms in total. The molecule has 0 amide bonds. The summed E-state index contributed by atoms with van der Waals surface area (Å²) in [7, 11) is -3.20. The van der Waals surface area contributed by atoms with E-state index in [4.69, 9.17) is 5.73 Å². The van der Waals surface area contributed by atoms with Crippen molar-refractivity contribution in [3.05, 3.63) is 28.2 Å². The lowest BCUT2D eigenvalue weighted by Crippen LogP contribution is -2.42. The highest BCUT2D eigenvalue weighted by atomic mass is 79.9. The van der Waals surface area contributed by atoms with E-state index in [1.165, 1.54) is 6.26 Å². The van der Waals surface area contributed by atoms with Gasteiger partial charge < -0.3 is 5.73 Å². The summed E-state index contributed by atoms with van der Waals surface area (Å²) in [6, 6.07) is 5.34. The second-order valence-electron chi connectivity index (χ2n) is 4.75. The average Bonchev–Trinajstić information content (AvgIpc) is 2.15. The molecule has 1 fully saturated rings. The lowest BCUT2D eigenvalue weighted by molar-refractivity contribution is 0.248. The first-order valence-corrected chi connectivity index (χ1v) is 8.28. The molecule has 0 spiro atoms. The van der Waals surface area contributed by atoms with Crippen LogP contribution in [0.1, 0.15) is 24.8 Å². The Hall–Kier alpha value is -0.390. The third kappa shape index (κ3) is 2.28. The summed E-state index contributed by atoms with van der Waals surface area (Å²) in [5.41, 5.74) is 6.59. The van der Waals surface area contributed by atoms with Gasteiger partial charge in [0, 0.05) is 22.7 Å². The molecule has 1 aliphatic rings. The molecule has 0 aliphatic heterocycles. The molecule has 0 aromatic heterocycles. The van der Waals surface area contributed by atoms with Gasteiger partial charge in [-0.15, -0.1) is 0 Å². The van der Waals surface area contributed by atoms with Crippen LogP contribution in [0.2, 0.25) is 0 Å². The van der Waals surface area contributed by atoms with E-state index in [2.05, 4.69) is 15.9 Å². The van der Waals surface area contributed by atoms with E-state index in [0.29, 0.717) is 11.4 Å².